The molecule has 0 aliphatic rings. The third-order valence-corrected chi connectivity index (χ3v) is 4.19. The van der Waals surface area contributed by atoms with E-state index in [2.05, 4.69) is 68.8 Å². The average molecular weight is 329 g/mol. The molecule has 2 heterocycles. The quantitative estimate of drug-likeness (QED) is 0.616. The Morgan fingerprint density at radius 3 is 2.40 bits per heavy atom. The number of fused-ring (bicyclic) bond motifs is 1. The molecular formula is C20H19N5. The fraction of sp³-hybridized carbons (Fsp3) is 0.150. The molecule has 1 N–H and O–H groups in total. The minimum atomic E-state index is 0.692. The van der Waals surface area contributed by atoms with Crippen LogP contribution in [0.3, 0.4) is 0 Å². The maximum Gasteiger partial charge on any atom is 0.165 e. The van der Waals surface area contributed by atoms with Gasteiger partial charge in [0, 0.05) is 13.6 Å². The molecule has 0 spiro atoms. The lowest BCUT2D eigenvalue weighted by Gasteiger charge is -2.08. The number of aromatic nitrogens is 4. The standard InChI is InChI=1S/C20H19N5/c1-14-23-19(18-20(24-14)25(2)13-22-18)21-12-15-8-10-17(11-9-15)16-6-4-3-5-7-16/h3-11,13H,12H2,1-2H3,(H,21,23,24). The van der Waals surface area contributed by atoms with Gasteiger partial charge in [-0.1, -0.05) is 54.6 Å². The Morgan fingerprint density at radius 1 is 0.920 bits per heavy atom. The van der Waals surface area contributed by atoms with Crippen molar-refractivity contribution in [1.82, 2.24) is 19.5 Å². The summed E-state index contributed by atoms with van der Waals surface area (Å²) in [5, 5.41) is 3.39. The summed E-state index contributed by atoms with van der Waals surface area (Å²) in [7, 11) is 1.94. The Hall–Kier alpha value is -3.21. The minimum absolute atomic E-state index is 0.692. The van der Waals surface area contributed by atoms with Crippen LogP contribution in [-0.4, -0.2) is 19.5 Å². The van der Waals surface area contributed by atoms with E-state index in [4.69, 9.17) is 0 Å². The molecule has 0 bridgehead atoms. The predicted octanol–water partition coefficient (Wildman–Crippen LogP) is 3.95. The van der Waals surface area contributed by atoms with Gasteiger partial charge in [-0.3, -0.25) is 0 Å². The predicted molar refractivity (Wildman–Crippen MR) is 100 cm³/mol. The van der Waals surface area contributed by atoms with Gasteiger partial charge in [-0.25, -0.2) is 15.0 Å². The summed E-state index contributed by atoms with van der Waals surface area (Å²) in [6.07, 6.45) is 1.76. The van der Waals surface area contributed by atoms with Gasteiger partial charge in [0.05, 0.1) is 6.33 Å². The highest BCUT2D eigenvalue weighted by molar-refractivity contribution is 5.82. The molecule has 0 fully saturated rings. The number of rotatable bonds is 4. The van der Waals surface area contributed by atoms with E-state index < -0.39 is 0 Å². The second kappa shape index (κ2) is 6.36. The van der Waals surface area contributed by atoms with Crippen LogP contribution in [0.15, 0.2) is 60.9 Å². The number of hydrogen-bond acceptors (Lipinski definition) is 4. The van der Waals surface area contributed by atoms with Gasteiger partial charge in [0.1, 0.15) is 11.3 Å². The topological polar surface area (TPSA) is 55.6 Å². The van der Waals surface area contributed by atoms with Crippen LogP contribution in [0.1, 0.15) is 11.4 Å². The second-order valence-corrected chi connectivity index (χ2v) is 6.06. The van der Waals surface area contributed by atoms with Crippen molar-refractivity contribution in [2.45, 2.75) is 13.5 Å². The Balaban J connectivity index is 1.54. The van der Waals surface area contributed by atoms with Crippen molar-refractivity contribution in [2.24, 2.45) is 7.05 Å². The van der Waals surface area contributed by atoms with E-state index in [0.29, 0.717) is 6.54 Å². The molecule has 0 amide bonds. The van der Waals surface area contributed by atoms with Crippen molar-refractivity contribution in [1.29, 1.82) is 0 Å². The Bertz CT molecular complexity index is 1000. The van der Waals surface area contributed by atoms with E-state index in [-0.39, 0.29) is 0 Å². The number of hydrogen-bond donors (Lipinski definition) is 1. The molecule has 25 heavy (non-hydrogen) atoms. The van der Waals surface area contributed by atoms with Crippen molar-refractivity contribution in [3.63, 3.8) is 0 Å². The van der Waals surface area contributed by atoms with E-state index in [0.717, 1.165) is 22.8 Å². The monoisotopic (exact) mass is 329 g/mol. The zero-order valence-corrected chi connectivity index (χ0v) is 14.3. The third-order valence-electron chi connectivity index (χ3n) is 4.19. The van der Waals surface area contributed by atoms with Crippen LogP contribution in [0.2, 0.25) is 0 Å². The van der Waals surface area contributed by atoms with Crippen LogP contribution in [0.5, 0.6) is 0 Å². The molecule has 2 aromatic heterocycles. The molecular weight excluding hydrogens is 310 g/mol. The molecule has 0 unspecified atom stereocenters. The van der Waals surface area contributed by atoms with Crippen LogP contribution in [-0.2, 0) is 13.6 Å². The van der Waals surface area contributed by atoms with Crippen molar-refractivity contribution in [3.8, 4) is 11.1 Å². The van der Waals surface area contributed by atoms with Gasteiger partial charge in [-0.05, 0) is 23.6 Å². The van der Waals surface area contributed by atoms with E-state index in [1.807, 2.05) is 24.6 Å². The van der Waals surface area contributed by atoms with Crippen molar-refractivity contribution in [3.05, 3.63) is 72.3 Å². The third kappa shape index (κ3) is 3.08. The first kappa shape index (κ1) is 15.3. The summed E-state index contributed by atoms with van der Waals surface area (Å²) in [6.45, 7) is 2.59. The Kier molecular flexibility index (Phi) is 3.90. The highest BCUT2D eigenvalue weighted by atomic mass is 15.1. The van der Waals surface area contributed by atoms with Gasteiger partial charge < -0.3 is 9.88 Å². The number of imidazole rings is 1. The molecule has 0 saturated carbocycles. The lowest BCUT2D eigenvalue weighted by molar-refractivity contribution is 0.919. The van der Waals surface area contributed by atoms with E-state index in [1.54, 1.807) is 6.33 Å². The van der Waals surface area contributed by atoms with Crippen LogP contribution >= 0.6 is 0 Å². The van der Waals surface area contributed by atoms with Crippen molar-refractivity contribution < 1.29 is 0 Å². The summed E-state index contributed by atoms with van der Waals surface area (Å²) in [5.41, 5.74) is 5.28. The molecule has 0 aliphatic heterocycles. The Morgan fingerprint density at radius 2 is 1.64 bits per heavy atom. The molecule has 0 saturated heterocycles. The maximum absolute atomic E-state index is 4.50. The molecule has 0 aliphatic carbocycles. The number of benzene rings is 2. The molecule has 5 nitrogen and oxygen atoms in total. The molecule has 4 aromatic rings. The average Bonchev–Trinajstić information content (AvgIpc) is 3.02. The summed E-state index contributed by atoms with van der Waals surface area (Å²) >= 11 is 0. The first-order chi connectivity index (χ1) is 12.2. The highest BCUT2D eigenvalue weighted by Crippen LogP contribution is 2.21. The minimum Gasteiger partial charge on any atom is -0.364 e. The number of nitrogens with zero attached hydrogens (tertiary/aromatic N) is 4. The van der Waals surface area contributed by atoms with Gasteiger partial charge in [0.2, 0.25) is 0 Å². The van der Waals surface area contributed by atoms with Crippen molar-refractivity contribution in [2.75, 3.05) is 5.32 Å². The molecule has 2 aromatic carbocycles. The first-order valence-electron chi connectivity index (χ1n) is 8.24. The number of anilines is 1. The van der Waals surface area contributed by atoms with Crippen LogP contribution in [0.25, 0.3) is 22.3 Å². The molecule has 5 heteroatoms. The van der Waals surface area contributed by atoms with Crippen molar-refractivity contribution >= 4 is 17.0 Å². The van der Waals surface area contributed by atoms with Gasteiger partial charge in [-0.2, -0.15) is 0 Å². The highest BCUT2D eigenvalue weighted by Gasteiger charge is 2.10. The summed E-state index contributed by atoms with van der Waals surface area (Å²) in [4.78, 5) is 13.3. The fourth-order valence-electron chi connectivity index (χ4n) is 2.87. The second-order valence-electron chi connectivity index (χ2n) is 6.06. The van der Waals surface area contributed by atoms with E-state index in [1.165, 1.54) is 16.7 Å². The molecule has 0 atom stereocenters. The normalized spacial score (nSPS) is 11.0. The van der Waals surface area contributed by atoms with Crippen LogP contribution in [0.4, 0.5) is 5.82 Å². The van der Waals surface area contributed by atoms with Crippen LogP contribution < -0.4 is 5.32 Å². The summed E-state index contributed by atoms with van der Waals surface area (Å²) < 4.78 is 1.91. The van der Waals surface area contributed by atoms with E-state index >= 15 is 0 Å². The Labute approximate surface area is 146 Å². The van der Waals surface area contributed by atoms with Gasteiger partial charge in [-0.15, -0.1) is 0 Å². The molecule has 4 rings (SSSR count). The number of nitrogens with one attached hydrogen (secondary N) is 1. The first-order valence-corrected chi connectivity index (χ1v) is 8.24. The lowest BCUT2D eigenvalue weighted by atomic mass is 10.0. The zero-order chi connectivity index (χ0) is 17.2. The van der Waals surface area contributed by atoms with Gasteiger partial charge in [0.15, 0.2) is 11.5 Å². The largest absolute Gasteiger partial charge is 0.364 e. The lowest BCUT2D eigenvalue weighted by Crippen LogP contribution is -2.04. The molecule has 0 radical (unpaired) electrons. The van der Waals surface area contributed by atoms with Gasteiger partial charge in [0.25, 0.3) is 0 Å². The summed E-state index contributed by atoms with van der Waals surface area (Å²) in [6, 6.07) is 19.0. The zero-order valence-electron chi connectivity index (χ0n) is 14.3. The SMILES string of the molecule is Cc1nc(NCc2ccc(-c3ccccc3)cc2)c2ncn(C)c2n1. The van der Waals surface area contributed by atoms with E-state index in [9.17, 15) is 0 Å². The van der Waals surface area contributed by atoms with Crippen LogP contribution in [0, 0.1) is 6.92 Å². The van der Waals surface area contributed by atoms with Gasteiger partial charge >= 0.3 is 0 Å². The number of aryl methyl sites for hydroxylation is 2. The summed E-state index contributed by atoms with van der Waals surface area (Å²) in [5.74, 6) is 1.51. The smallest absolute Gasteiger partial charge is 0.165 e. The maximum atomic E-state index is 4.50. The molecule has 124 valence electrons. The fourth-order valence-corrected chi connectivity index (χ4v) is 2.87.